The number of carbonyl (C=O) groups excluding carboxylic acids is 1. The SMILES string of the molecule is C[C@@H]1[C@H](C)CCC[C@H]1NC(=O)/C=C/c1ccccc1. The highest BCUT2D eigenvalue weighted by Gasteiger charge is 2.27. The standard InChI is InChI=1S/C17H23NO/c1-13-7-6-10-16(14(13)2)18-17(19)12-11-15-8-4-3-5-9-15/h3-5,8-9,11-14,16H,6-7,10H2,1-2H3,(H,18,19)/b12-11+/t13-,14-,16-/m1/s1. The third-order valence-corrected chi connectivity index (χ3v) is 4.26. The van der Waals surface area contributed by atoms with Gasteiger partial charge in [0, 0.05) is 12.1 Å². The van der Waals surface area contributed by atoms with Gasteiger partial charge < -0.3 is 5.32 Å². The lowest BCUT2D eigenvalue weighted by molar-refractivity contribution is -0.117. The van der Waals surface area contributed by atoms with Crippen LogP contribution in [0.5, 0.6) is 0 Å². The Labute approximate surface area is 115 Å². The predicted molar refractivity (Wildman–Crippen MR) is 79.6 cm³/mol. The molecule has 0 radical (unpaired) electrons. The van der Waals surface area contributed by atoms with Crippen molar-refractivity contribution in [3.63, 3.8) is 0 Å². The Morgan fingerprint density at radius 2 is 1.95 bits per heavy atom. The zero-order chi connectivity index (χ0) is 13.7. The quantitative estimate of drug-likeness (QED) is 0.823. The monoisotopic (exact) mass is 257 g/mol. The smallest absolute Gasteiger partial charge is 0.244 e. The lowest BCUT2D eigenvalue weighted by atomic mass is 9.78. The van der Waals surface area contributed by atoms with E-state index in [2.05, 4.69) is 19.2 Å². The zero-order valence-corrected chi connectivity index (χ0v) is 11.8. The van der Waals surface area contributed by atoms with Gasteiger partial charge in [0.2, 0.25) is 5.91 Å². The van der Waals surface area contributed by atoms with Gasteiger partial charge in [-0.15, -0.1) is 0 Å². The van der Waals surface area contributed by atoms with Crippen molar-refractivity contribution in [2.45, 2.75) is 39.2 Å². The van der Waals surface area contributed by atoms with Crippen LogP contribution in [0.25, 0.3) is 6.08 Å². The third kappa shape index (κ3) is 3.95. The van der Waals surface area contributed by atoms with Crippen LogP contribution in [0.4, 0.5) is 0 Å². The molecule has 1 fully saturated rings. The predicted octanol–water partition coefficient (Wildman–Crippen LogP) is 3.64. The summed E-state index contributed by atoms with van der Waals surface area (Å²) in [6, 6.07) is 10.2. The summed E-state index contributed by atoms with van der Waals surface area (Å²) in [6.45, 7) is 4.53. The minimum absolute atomic E-state index is 0.0230. The van der Waals surface area contributed by atoms with Gasteiger partial charge in [0.15, 0.2) is 0 Å². The zero-order valence-electron chi connectivity index (χ0n) is 11.8. The first-order valence-electron chi connectivity index (χ1n) is 7.20. The molecule has 0 bridgehead atoms. The second-order valence-electron chi connectivity index (χ2n) is 5.63. The van der Waals surface area contributed by atoms with E-state index in [0.29, 0.717) is 17.9 Å². The highest BCUT2D eigenvalue weighted by Crippen LogP contribution is 2.29. The summed E-state index contributed by atoms with van der Waals surface area (Å²) in [5.41, 5.74) is 1.06. The minimum Gasteiger partial charge on any atom is -0.350 e. The van der Waals surface area contributed by atoms with Gasteiger partial charge in [0.1, 0.15) is 0 Å². The molecule has 0 unspecified atom stereocenters. The Morgan fingerprint density at radius 1 is 1.21 bits per heavy atom. The van der Waals surface area contributed by atoms with E-state index in [1.807, 2.05) is 36.4 Å². The highest BCUT2D eigenvalue weighted by atomic mass is 16.1. The molecule has 0 heterocycles. The average molecular weight is 257 g/mol. The van der Waals surface area contributed by atoms with Crippen LogP contribution in [0.15, 0.2) is 36.4 Å². The largest absolute Gasteiger partial charge is 0.350 e. The van der Waals surface area contributed by atoms with Crippen LogP contribution in [-0.4, -0.2) is 11.9 Å². The van der Waals surface area contributed by atoms with Crippen molar-refractivity contribution < 1.29 is 4.79 Å². The highest BCUT2D eigenvalue weighted by molar-refractivity contribution is 5.91. The molecule has 0 aromatic heterocycles. The van der Waals surface area contributed by atoms with Crippen molar-refractivity contribution in [2.75, 3.05) is 0 Å². The van der Waals surface area contributed by atoms with Crippen LogP contribution in [0, 0.1) is 11.8 Å². The normalized spacial score (nSPS) is 27.4. The molecule has 19 heavy (non-hydrogen) atoms. The summed E-state index contributed by atoms with van der Waals surface area (Å²) in [4.78, 5) is 11.9. The third-order valence-electron chi connectivity index (χ3n) is 4.26. The summed E-state index contributed by atoms with van der Waals surface area (Å²) in [5.74, 6) is 1.30. The van der Waals surface area contributed by atoms with Crippen molar-refractivity contribution >= 4 is 12.0 Å². The Kier molecular flexibility index (Phi) is 4.78. The second-order valence-corrected chi connectivity index (χ2v) is 5.63. The van der Waals surface area contributed by atoms with Gasteiger partial charge in [0.05, 0.1) is 0 Å². The van der Waals surface area contributed by atoms with Crippen molar-refractivity contribution in [2.24, 2.45) is 11.8 Å². The van der Waals surface area contributed by atoms with E-state index < -0.39 is 0 Å². The van der Waals surface area contributed by atoms with Gasteiger partial charge in [-0.3, -0.25) is 4.79 Å². The molecule has 2 heteroatoms. The Morgan fingerprint density at radius 3 is 2.68 bits per heavy atom. The molecule has 2 nitrogen and oxygen atoms in total. The summed E-state index contributed by atoms with van der Waals surface area (Å²) < 4.78 is 0. The Hall–Kier alpha value is -1.57. The summed E-state index contributed by atoms with van der Waals surface area (Å²) in [7, 11) is 0. The molecule has 102 valence electrons. The van der Waals surface area contributed by atoms with Crippen molar-refractivity contribution in [3.8, 4) is 0 Å². The maximum Gasteiger partial charge on any atom is 0.244 e. The number of hydrogen-bond acceptors (Lipinski definition) is 1. The van der Waals surface area contributed by atoms with E-state index in [4.69, 9.17) is 0 Å². The fraction of sp³-hybridized carbons (Fsp3) is 0.471. The van der Waals surface area contributed by atoms with E-state index in [9.17, 15) is 4.79 Å². The van der Waals surface area contributed by atoms with Crippen molar-refractivity contribution in [3.05, 3.63) is 42.0 Å². The van der Waals surface area contributed by atoms with Crippen LogP contribution in [0.2, 0.25) is 0 Å². The van der Waals surface area contributed by atoms with Crippen LogP contribution in [-0.2, 0) is 4.79 Å². The summed E-state index contributed by atoms with van der Waals surface area (Å²) in [6.07, 6.45) is 7.12. The van der Waals surface area contributed by atoms with Crippen molar-refractivity contribution in [1.29, 1.82) is 0 Å². The molecule has 1 aromatic rings. The average Bonchev–Trinajstić information content (AvgIpc) is 2.43. The Bertz CT molecular complexity index is 438. The number of nitrogens with one attached hydrogen (secondary N) is 1. The minimum atomic E-state index is 0.0230. The van der Waals surface area contributed by atoms with Crippen LogP contribution in [0.3, 0.4) is 0 Å². The van der Waals surface area contributed by atoms with Gasteiger partial charge in [-0.05, 0) is 29.9 Å². The molecular formula is C17H23NO. The van der Waals surface area contributed by atoms with Crippen LogP contribution < -0.4 is 5.32 Å². The maximum absolute atomic E-state index is 11.9. The Balaban J connectivity index is 1.89. The molecule has 1 amide bonds. The molecule has 0 saturated heterocycles. The molecule has 1 aliphatic rings. The van der Waals surface area contributed by atoms with E-state index in [1.165, 1.54) is 12.8 Å². The molecule has 0 spiro atoms. The number of rotatable bonds is 3. The van der Waals surface area contributed by atoms with E-state index in [0.717, 1.165) is 12.0 Å². The number of benzene rings is 1. The molecule has 1 N–H and O–H groups in total. The van der Waals surface area contributed by atoms with Gasteiger partial charge in [-0.25, -0.2) is 0 Å². The van der Waals surface area contributed by atoms with Crippen molar-refractivity contribution in [1.82, 2.24) is 5.32 Å². The lowest BCUT2D eigenvalue weighted by Crippen LogP contribution is -2.43. The van der Waals surface area contributed by atoms with E-state index >= 15 is 0 Å². The molecule has 0 aliphatic heterocycles. The summed E-state index contributed by atoms with van der Waals surface area (Å²) >= 11 is 0. The fourth-order valence-corrected chi connectivity index (χ4v) is 2.75. The summed E-state index contributed by atoms with van der Waals surface area (Å²) in [5, 5.41) is 3.14. The van der Waals surface area contributed by atoms with Gasteiger partial charge in [-0.2, -0.15) is 0 Å². The number of amides is 1. The van der Waals surface area contributed by atoms with Gasteiger partial charge in [-0.1, -0.05) is 57.0 Å². The van der Waals surface area contributed by atoms with E-state index in [-0.39, 0.29) is 5.91 Å². The first kappa shape index (κ1) is 13.9. The first-order valence-corrected chi connectivity index (χ1v) is 7.20. The topological polar surface area (TPSA) is 29.1 Å². The molecule has 2 rings (SSSR count). The lowest BCUT2D eigenvalue weighted by Gasteiger charge is -2.34. The second kappa shape index (κ2) is 6.55. The fourth-order valence-electron chi connectivity index (χ4n) is 2.75. The molecule has 1 aromatic carbocycles. The van der Waals surface area contributed by atoms with Crippen LogP contribution in [0.1, 0.15) is 38.7 Å². The molecular weight excluding hydrogens is 234 g/mol. The number of carbonyl (C=O) groups is 1. The molecule has 1 aliphatic carbocycles. The van der Waals surface area contributed by atoms with Gasteiger partial charge in [0.25, 0.3) is 0 Å². The first-order chi connectivity index (χ1) is 9.16. The maximum atomic E-state index is 11.9. The molecule has 3 atom stereocenters. The van der Waals surface area contributed by atoms with Gasteiger partial charge >= 0.3 is 0 Å². The molecule has 1 saturated carbocycles. The van der Waals surface area contributed by atoms with Crippen LogP contribution >= 0.6 is 0 Å². The van der Waals surface area contributed by atoms with E-state index in [1.54, 1.807) is 6.08 Å². The number of hydrogen-bond donors (Lipinski definition) is 1.